The largest absolute Gasteiger partial charge is 0.495 e. The van der Waals surface area contributed by atoms with Crippen LogP contribution in [0.15, 0.2) is 24.4 Å². The highest BCUT2D eigenvalue weighted by Crippen LogP contribution is 2.34. The summed E-state index contributed by atoms with van der Waals surface area (Å²) < 4.78 is 7.95. The minimum absolute atomic E-state index is 0.158. The Balaban J connectivity index is 1.67. The van der Waals surface area contributed by atoms with Crippen LogP contribution in [-0.4, -0.2) is 59.6 Å². The number of rotatable bonds is 5. The van der Waals surface area contributed by atoms with E-state index in [1.807, 2.05) is 17.0 Å². The number of fused-ring (bicyclic) bond motifs is 1. The maximum absolute atomic E-state index is 13.5. The Morgan fingerprint density at radius 1 is 1.21 bits per heavy atom. The number of methoxy groups -OCH3 is 1. The van der Waals surface area contributed by atoms with Gasteiger partial charge in [-0.1, -0.05) is 31.9 Å². The molecule has 1 amide bonds. The number of amides is 1. The van der Waals surface area contributed by atoms with E-state index in [9.17, 15) is 4.79 Å². The Bertz CT molecular complexity index is 838. The molecule has 2 aliphatic rings. The number of benzene rings is 1. The van der Waals surface area contributed by atoms with Crippen molar-refractivity contribution < 1.29 is 9.53 Å². The van der Waals surface area contributed by atoms with Crippen molar-refractivity contribution >= 4 is 16.8 Å². The Kier molecular flexibility index (Phi) is 5.63. The Morgan fingerprint density at radius 3 is 2.68 bits per heavy atom. The topological polar surface area (TPSA) is 37.7 Å². The SMILES string of the molecule is CCN1CCN(C(=O)c2cn(CC3CCCC3)c3c(OC)cccc23)C[C@H]1C. The zero-order valence-corrected chi connectivity index (χ0v) is 17.5. The molecule has 2 aromatic rings. The number of carbonyl (C=O) groups is 1. The van der Waals surface area contributed by atoms with Crippen LogP contribution in [0, 0.1) is 5.92 Å². The molecule has 5 heteroatoms. The number of aromatic nitrogens is 1. The Morgan fingerprint density at radius 2 is 2.00 bits per heavy atom. The van der Waals surface area contributed by atoms with Crippen LogP contribution >= 0.6 is 0 Å². The molecule has 1 saturated carbocycles. The second-order valence-corrected chi connectivity index (χ2v) is 8.43. The van der Waals surface area contributed by atoms with Crippen LogP contribution in [-0.2, 0) is 6.54 Å². The van der Waals surface area contributed by atoms with Crippen molar-refractivity contribution in [3.8, 4) is 5.75 Å². The Hall–Kier alpha value is -2.01. The van der Waals surface area contributed by atoms with Gasteiger partial charge in [0.1, 0.15) is 5.75 Å². The van der Waals surface area contributed by atoms with E-state index < -0.39 is 0 Å². The number of hydrogen-bond acceptors (Lipinski definition) is 3. The molecule has 0 unspecified atom stereocenters. The molecule has 28 heavy (non-hydrogen) atoms. The summed E-state index contributed by atoms with van der Waals surface area (Å²) in [4.78, 5) is 17.9. The first kappa shape index (κ1) is 19.3. The van der Waals surface area contributed by atoms with E-state index in [-0.39, 0.29) is 5.91 Å². The molecule has 0 spiro atoms. The standard InChI is InChI=1S/C23H33N3O2/c1-4-24-12-13-25(14-17(24)2)23(27)20-16-26(15-18-8-5-6-9-18)22-19(20)10-7-11-21(22)28-3/h7,10-11,16-18H,4-6,8-9,12-15H2,1-3H3/t17-/m1/s1. The van der Waals surface area contributed by atoms with E-state index in [0.29, 0.717) is 12.0 Å². The van der Waals surface area contributed by atoms with Gasteiger partial charge in [0.15, 0.2) is 0 Å². The van der Waals surface area contributed by atoms with Gasteiger partial charge in [-0.3, -0.25) is 9.69 Å². The fourth-order valence-corrected chi connectivity index (χ4v) is 5.10. The van der Waals surface area contributed by atoms with Crippen LogP contribution < -0.4 is 4.74 Å². The third-order valence-electron chi connectivity index (χ3n) is 6.70. The lowest BCUT2D eigenvalue weighted by Crippen LogP contribution is -2.53. The summed E-state index contributed by atoms with van der Waals surface area (Å²) in [6, 6.07) is 6.48. The van der Waals surface area contributed by atoms with Crippen LogP contribution in [0.5, 0.6) is 5.75 Å². The van der Waals surface area contributed by atoms with Crippen molar-refractivity contribution in [2.24, 2.45) is 5.92 Å². The minimum Gasteiger partial charge on any atom is -0.495 e. The lowest BCUT2D eigenvalue weighted by atomic mass is 10.1. The summed E-state index contributed by atoms with van der Waals surface area (Å²) in [7, 11) is 1.72. The lowest BCUT2D eigenvalue weighted by Gasteiger charge is -2.39. The van der Waals surface area contributed by atoms with Crippen LogP contribution in [0.25, 0.3) is 10.9 Å². The molecule has 2 fully saturated rings. The first-order valence-electron chi connectivity index (χ1n) is 10.8. The first-order valence-corrected chi connectivity index (χ1v) is 10.8. The summed E-state index contributed by atoms with van der Waals surface area (Å²) in [6.45, 7) is 8.98. The van der Waals surface area contributed by atoms with Crippen LogP contribution in [0.1, 0.15) is 49.9 Å². The molecule has 2 heterocycles. The van der Waals surface area contributed by atoms with Gasteiger partial charge >= 0.3 is 0 Å². The molecule has 1 aliphatic heterocycles. The molecule has 4 rings (SSSR count). The molecule has 5 nitrogen and oxygen atoms in total. The lowest BCUT2D eigenvalue weighted by molar-refractivity contribution is 0.0530. The maximum atomic E-state index is 13.5. The van der Waals surface area contributed by atoms with Crippen molar-refractivity contribution in [1.82, 2.24) is 14.4 Å². The molecule has 1 aromatic carbocycles. The van der Waals surface area contributed by atoms with Gasteiger partial charge in [-0.25, -0.2) is 0 Å². The predicted molar refractivity (Wildman–Crippen MR) is 113 cm³/mol. The number of hydrogen-bond donors (Lipinski definition) is 0. The third-order valence-corrected chi connectivity index (χ3v) is 6.70. The number of likely N-dealkylation sites (N-methyl/N-ethyl adjacent to an activating group) is 1. The van der Waals surface area contributed by atoms with Crippen molar-refractivity contribution in [3.63, 3.8) is 0 Å². The summed E-state index contributed by atoms with van der Waals surface area (Å²) in [5, 5.41) is 1.02. The van der Waals surface area contributed by atoms with Gasteiger partial charge in [0.05, 0.1) is 18.2 Å². The second-order valence-electron chi connectivity index (χ2n) is 8.43. The van der Waals surface area contributed by atoms with E-state index >= 15 is 0 Å². The first-order chi connectivity index (χ1) is 13.6. The van der Waals surface area contributed by atoms with Gasteiger partial charge in [0, 0.05) is 43.8 Å². The highest BCUT2D eigenvalue weighted by atomic mass is 16.5. The molecule has 1 saturated heterocycles. The summed E-state index contributed by atoms with van der Waals surface area (Å²) in [5.41, 5.74) is 1.89. The van der Waals surface area contributed by atoms with Gasteiger partial charge < -0.3 is 14.2 Å². The molecule has 0 radical (unpaired) electrons. The molecule has 0 N–H and O–H groups in total. The van der Waals surface area contributed by atoms with Crippen molar-refractivity contribution in [2.45, 2.75) is 52.1 Å². The number of para-hydroxylation sites is 1. The average Bonchev–Trinajstić information content (AvgIpc) is 3.35. The van der Waals surface area contributed by atoms with Crippen LogP contribution in [0.3, 0.4) is 0 Å². The van der Waals surface area contributed by atoms with Gasteiger partial charge in [-0.05, 0) is 38.3 Å². The Labute approximate surface area is 168 Å². The number of nitrogens with zero attached hydrogens (tertiary/aromatic N) is 3. The van der Waals surface area contributed by atoms with E-state index in [0.717, 1.165) is 54.9 Å². The molecular weight excluding hydrogens is 350 g/mol. The van der Waals surface area contributed by atoms with Gasteiger partial charge in [-0.2, -0.15) is 0 Å². The van der Waals surface area contributed by atoms with E-state index in [1.54, 1.807) is 7.11 Å². The molecule has 1 aromatic heterocycles. The fourth-order valence-electron chi connectivity index (χ4n) is 5.10. The summed E-state index contributed by atoms with van der Waals surface area (Å²) >= 11 is 0. The zero-order valence-electron chi connectivity index (χ0n) is 17.5. The predicted octanol–water partition coefficient (Wildman–Crippen LogP) is 4.01. The monoisotopic (exact) mass is 383 g/mol. The quantitative estimate of drug-likeness (QED) is 0.783. The van der Waals surface area contributed by atoms with Crippen LogP contribution in [0.4, 0.5) is 0 Å². The van der Waals surface area contributed by atoms with Crippen LogP contribution in [0.2, 0.25) is 0 Å². The molecule has 0 bridgehead atoms. The summed E-state index contributed by atoms with van der Waals surface area (Å²) in [5.74, 6) is 1.72. The van der Waals surface area contributed by atoms with Crippen molar-refractivity contribution in [1.29, 1.82) is 0 Å². The molecule has 1 atom stereocenters. The molecular formula is C23H33N3O2. The number of carbonyl (C=O) groups excluding carboxylic acids is 1. The van der Waals surface area contributed by atoms with Gasteiger partial charge in [0.25, 0.3) is 5.91 Å². The minimum atomic E-state index is 0.158. The normalized spacial score (nSPS) is 21.5. The highest BCUT2D eigenvalue weighted by Gasteiger charge is 2.29. The van der Waals surface area contributed by atoms with E-state index in [4.69, 9.17) is 4.74 Å². The fraction of sp³-hybridized carbons (Fsp3) is 0.609. The highest BCUT2D eigenvalue weighted by molar-refractivity contribution is 6.08. The number of piperazine rings is 1. The third kappa shape index (κ3) is 3.52. The van der Waals surface area contributed by atoms with E-state index in [1.165, 1.54) is 25.7 Å². The zero-order chi connectivity index (χ0) is 19.7. The second kappa shape index (κ2) is 8.16. The van der Waals surface area contributed by atoms with E-state index in [2.05, 4.69) is 35.6 Å². The van der Waals surface area contributed by atoms with Crippen molar-refractivity contribution in [3.05, 3.63) is 30.0 Å². The van der Waals surface area contributed by atoms with Gasteiger partial charge in [0.2, 0.25) is 0 Å². The molecule has 1 aliphatic carbocycles. The maximum Gasteiger partial charge on any atom is 0.256 e. The summed E-state index contributed by atoms with van der Waals surface area (Å²) in [6.07, 6.45) is 7.31. The number of ether oxygens (including phenoxy) is 1. The average molecular weight is 384 g/mol. The molecule has 152 valence electrons. The smallest absolute Gasteiger partial charge is 0.256 e. The van der Waals surface area contributed by atoms with Gasteiger partial charge in [-0.15, -0.1) is 0 Å². The van der Waals surface area contributed by atoms with Crippen molar-refractivity contribution in [2.75, 3.05) is 33.3 Å².